The summed E-state index contributed by atoms with van der Waals surface area (Å²) in [7, 11) is 1.63. The molecular weight excluding hydrogens is 402 g/mol. The van der Waals surface area contributed by atoms with Gasteiger partial charge in [-0.05, 0) is 30.5 Å². The Morgan fingerprint density at radius 2 is 1.81 bits per heavy atom. The van der Waals surface area contributed by atoms with Crippen molar-refractivity contribution in [3.05, 3.63) is 72.6 Å². The molecule has 0 atom stereocenters. The third kappa shape index (κ3) is 7.38. The molecule has 0 saturated carbocycles. The minimum atomic E-state index is -0.0873. The van der Waals surface area contributed by atoms with Crippen LogP contribution in [0.25, 0.3) is 0 Å². The minimum absolute atomic E-state index is 0.0161. The molecule has 174 valence electrons. The van der Waals surface area contributed by atoms with Crippen LogP contribution in [0.4, 0.5) is 0 Å². The van der Waals surface area contributed by atoms with E-state index in [4.69, 9.17) is 4.74 Å². The van der Waals surface area contributed by atoms with E-state index in [1.54, 1.807) is 23.0 Å². The van der Waals surface area contributed by atoms with Crippen molar-refractivity contribution in [2.45, 2.75) is 39.8 Å². The van der Waals surface area contributed by atoms with Gasteiger partial charge in [0.25, 0.3) is 0 Å². The summed E-state index contributed by atoms with van der Waals surface area (Å²) >= 11 is 0. The van der Waals surface area contributed by atoms with Gasteiger partial charge in [0.2, 0.25) is 11.8 Å². The highest BCUT2D eigenvalue weighted by Gasteiger charge is 2.25. The number of hydrogen-bond donors (Lipinski definition) is 0. The predicted molar refractivity (Wildman–Crippen MR) is 128 cm³/mol. The molecule has 0 aliphatic rings. The average Bonchev–Trinajstić information content (AvgIpc) is 3.24. The Morgan fingerprint density at radius 3 is 2.44 bits per heavy atom. The van der Waals surface area contributed by atoms with Crippen LogP contribution in [0.2, 0.25) is 0 Å². The van der Waals surface area contributed by atoms with Crippen molar-refractivity contribution in [3.8, 4) is 0 Å². The predicted octanol–water partition coefficient (Wildman–Crippen LogP) is 3.96. The molecule has 0 aliphatic heterocycles. The number of ether oxygens (including phenoxy) is 1. The normalized spacial score (nSPS) is 10.9. The largest absolute Gasteiger partial charge is 0.383 e. The highest BCUT2D eigenvalue weighted by Crippen LogP contribution is 2.14. The Kier molecular flexibility index (Phi) is 10.7. The van der Waals surface area contributed by atoms with E-state index in [1.807, 2.05) is 50.4 Å². The number of hydrogen-bond acceptors (Lipinski definition) is 3. The lowest BCUT2D eigenvalue weighted by atomic mass is 10.0. The van der Waals surface area contributed by atoms with E-state index in [2.05, 4.69) is 23.3 Å². The van der Waals surface area contributed by atoms with E-state index in [1.165, 1.54) is 5.56 Å². The first-order valence-corrected chi connectivity index (χ1v) is 11.4. The van der Waals surface area contributed by atoms with Gasteiger partial charge in [-0.25, -0.2) is 0 Å². The van der Waals surface area contributed by atoms with Crippen molar-refractivity contribution in [1.82, 2.24) is 14.4 Å². The number of benzene rings is 1. The van der Waals surface area contributed by atoms with E-state index >= 15 is 0 Å². The highest BCUT2D eigenvalue weighted by molar-refractivity contribution is 5.86. The van der Waals surface area contributed by atoms with Gasteiger partial charge in [-0.3, -0.25) is 9.59 Å². The van der Waals surface area contributed by atoms with Crippen molar-refractivity contribution in [2.75, 3.05) is 33.4 Å². The quantitative estimate of drug-likeness (QED) is 0.419. The van der Waals surface area contributed by atoms with Crippen LogP contribution < -0.4 is 0 Å². The number of rotatable bonds is 14. The van der Waals surface area contributed by atoms with Crippen molar-refractivity contribution in [3.63, 3.8) is 0 Å². The summed E-state index contributed by atoms with van der Waals surface area (Å²) in [5.41, 5.74) is 2.24. The number of aromatic nitrogens is 1. The summed E-state index contributed by atoms with van der Waals surface area (Å²) in [6.07, 6.45) is 5.23. The summed E-state index contributed by atoms with van der Waals surface area (Å²) in [4.78, 5) is 29.6. The fourth-order valence-electron chi connectivity index (χ4n) is 3.76. The van der Waals surface area contributed by atoms with Crippen LogP contribution in [0.5, 0.6) is 0 Å². The average molecular weight is 440 g/mol. The Labute approximate surface area is 192 Å². The van der Waals surface area contributed by atoms with E-state index < -0.39 is 0 Å². The Balaban J connectivity index is 2.15. The first-order valence-electron chi connectivity index (χ1n) is 11.4. The maximum atomic E-state index is 13.3. The molecule has 0 bridgehead atoms. The van der Waals surface area contributed by atoms with Crippen molar-refractivity contribution >= 4 is 11.8 Å². The number of amides is 2. The topological polar surface area (TPSA) is 54.8 Å². The minimum Gasteiger partial charge on any atom is -0.383 e. The van der Waals surface area contributed by atoms with Gasteiger partial charge in [-0.1, -0.05) is 50.3 Å². The van der Waals surface area contributed by atoms with E-state index in [0.29, 0.717) is 26.2 Å². The van der Waals surface area contributed by atoms with E-state index in [9.17, 15) is 9.59 Å². The fourth-order valence-corrected chi connectivity index (χ4v) is 3.76. The summed E-state index contributed by atoms with van der Waals surface area (Å²) in [6, 6.07) is 14.3. The molecule has 0 unspecified atom stereocenters. The lowest BCUT2D eigenvalue weighted by Crippen LogP contribution is -2.45. The van der Waals surface area contributed by atoms with Crippen LogP contribution in [0.3, 0.4) is 0 Å². The van der Waals surface area contributed by atoms with Crippen LogP contribution in [0, 0.1) is 5.92 Å². The van der Waals surface area contributed by atoms with E-state index in [0.717, 1.165) is 25.1 Å². The maximum Gasteiger partial charge on any atom is 0.242 e. The molecule has 0 radical (unpaired) electrons. The molecular formula is C26H37N3O3. The van der Waals surface area contributed by atoms with Gasteiger partial charge in [0, 0.05) is 44.6 Å². The zero-order valence-electron chi connectivity index (χ0n) is 19.7. The molecule has 0 N–H and O–H groups in total. The molecule has 0 spiro atoms. The smallest absolute Gasteiger partial charge is 0.242 e. The van der Waals surface area contributed by atoms with Crippen molar-refractivity contribution in [1.29, 1.82) is 0 Å². The number of nitrogens with zero attached hydrogens (tertiary/aromatic N) is 3. The Hall–Kier alpha value is -2.86. The van der Waals surface area contributed by atoms with Gasteiger partial charge in [-0.15, -0.1) is 6.58 Å². The first-order chi connectivity index (χ1) is 15.5. The molecule has 1 aromatic heterocycles. The molecule has 1 heterocycles. The van der Waals surface area contributed by atoms with Gasteiger partial charge >= 0.3 is 0 Å². The maximum absolute atomic E-state index is 13.3. The zero-order valence-corrected chi connectivity index (χ0v) is 19.7. The lowest BCUT2D eigenvalue weighted by Gasteiger charge is -2.29. The Morgan fingerprint density at radius 1 is 1.09 bits per heavy atom. The van der Waals surface area contributed by atoms with E-state index in [-0.39, 0.29) is 24.3 Å². The summed E-state index contributed by atoms with van der Waals surface area (Å²) < 4.78 is 7.40. The van der Waals surface area contributed by atoms with Gasteiger partial charge in [0.1, 0.15) is 6.54 Å². The second-order valence-electron chi connectivity index (χ2n) is 7.94. The van der Waals surface area contributed by atoms with Gasteiger partial charge in [0.05, 0.1) is 13.2 Å². The highest BCUT2D eigenvalue weighted by atomic mass is 16.5. The van der Waals surface area contributed by atoms with Crippen LogP contribution in [-0.2, 0) is 27.4 Å². The molecule has 1 aromatic carbocycles. The van der Waals surface area contributed by atoms with Gasteiger partial charge in [-0.2, -0.15) is 0 Å². The second-order valence-corrected chi connectivity index (χ2v) is 7.94. The standard InChI is InChI=1S/C26H37N3O3/c1-5-15-29(26(31)23(6-2)7-3)21-25(30)28(17-18-32-4)20-24-14-11-16-27(24)19-22-12-9-8-10-13-22/h5,8-14,16,23H,1,6-7,15,17-21H2,2-4H3. The van der Waals surface area contributed by atoms with Gasteiger partial charge in [0.15, 0.2) is 0 Å². The summed E-state index contributed by atoms with van der Waals surface area (Å²) in [6.45, 7) is 10.3. The first kappa shape index (κ1) is 25.4. The van der Waals surface area contributed by atoms with Crippen LogP contribution in [0.15, 0.2) is 61.3 Å². The van der Waals surface area contributed by atoms with Crippen LogP contribution >= 0.6 is 0 Å². The molecule has 32 heavy (non-hydrogen) atoms. The third-order valence-electron chi connectivity index (χ3n) is 5.71. The molecule has 2 amide bonds. The lowest BCUT2D eigenvalue weighted by molar-refractivity contribution is -0.143. The monoisotopic (exact) mass is 439 g/mol. The van der Waals surface area contributed by atoms with Gasteiger partial charge < -0.3 is 19.1 Å². The SMILES string of the molecule is C=CCN(CC(=O)N(CCOC)Cc1cccn1Cc1ccccc1)C(=O)C(CC)CC. The van der Waals surface area contributed by atoms with Crippen LogP contribution in [0.1, 0.15) is 37.9 Å². The number of methoxy groups -OCH3 is 1. The Bertz CT molecular complexity index is 843. The third-order valence-corrected chi connectivity index (χ3v) is 5.71. The molecule has 6 heteroatoms. The molecule has 2 aromatic rings. The molecule has 0 aliphatic carbocycles. The summed E-state index contributed by atoms with van der Waals surface area (Å²) in [5.74, 6) is -0.142. The molecule has 2 rings (SSSR count). The molecule has 0 fully saturated rings. The molecule has 0 saturated heterocycles. The number of carbonyl (C=O) groups is 2. The fraction of sp³-hybridized carbons (Fsp3) is 0.462. The summed E-state index contributed by atoms with van der Waals surface area (Å²) in [5, 5.41) is 0. The van der Waals surface area contributed by atoms with Crippen molar-refractivity contribution < 1.29 is 14.3 Å². The number of carbonyl (C=O) groups excluding carboxylic acids is 2. The van der Waals surface area contributed by atoms with Crippen LogP contribution in [-0.4, -0.2) is 59.5 Å². The zero-order chi connectivity index (χ0) is 23.3. The second kappa shape index (κ2) is 13.5. The molecule has 6 nitrogen and oxygen atoms in total. The van der Waals surface area contributed by atoms with Crippen molar-refractivity contribution in [2.24, 2.45) is 5.92 Å².